The van der Waals surface area contributed by atoms with Gasteiger partial charge in [-0.2, -0.15) is 0 Å². The van der Waals surface area contributed by atoms with E-state index in [-0.39, 0.29) is 17.9 Å². The van der Waals surface area contributed by atoms with Crippen molar-refractivity contribution in [1.82, 2.24) is 0 Å². The Kier molecular flexibility index (Phi) is 4.89. The summed E-state index contributed by atoms with van der Waals surface area (Å²) in [6.45, 7) is 16.8. The van der Waals surface area contributed by atoms with Crippen molar-refractivity contribution in [3.05, 3.63) is 12.2 Å². The molecule has 0 aromatic carbocycles. The number of rotatable bonds is 5. The third-order valence-corrected chi connectivity index (χ3v) is 5.74. The van der Waals surface area contributed by atoms with E-state index in [0.29, 0.717) is 11.8 Å². The second kappa shape index (κ2) is 6.09. The monoisotopic (exact) mass is 308 g/mol. The van der Waals surface area contributed by atoms with Crippen LogP contribution in [0, 0.1) is 23.7 Å². The van der Waals surface area contributed by atoms with Crippen LogP contribution < -0.4 is 0 Å². The van der Waals surface area contributed by atoms with Crippen LogP contribution in [0.15, 0.2) is 12.2 Å². The molecule has 2 aliphatic rings. The highest BCUT2D eigenvalue weighted by molar-refractivity contribution is 5.55. The predicted molar refractivity (Wildman–Crippen MR) is 88.5 cm³/mol. The first kappa shape index (κ1) is 17.7. The van der Waals surface area contributed by atoms with E-state index in [4.69, 9.17) is 9.47 Å². The van der Waals surface area contributed by atoms with Crippen molar-refractivity contribution in [2.24, 2.45) is 23.7 Å². The van der Waals surface area contributed by atoms with Crippen LogP contribution >= 0.6 is 0 Å². The van der Waals surface area contributed by atoms with Crippen LogP contribution in [0.3, 0.4) is 0 Å². The average molecular weight is 308 g/mol. The molecule has 0 N–H and O–H groups in total. The molecule has 5 atom stereocenters. The Morgan fingerprint density at radius 2 is 1.95 bits per heavy atom. The summed E-state index contributed by atoms with van der Waals surface area (Å²) in [5.41, 5.74) is 0.767. The molecule has 1 saturated carbocycles. The number of ether oxygens (including phenoxy) is 2. The van der Waals surface area contributed by atoms with E-state index in [9.17, 15) is 4.79 Å². The van der Waals surface area contributed by atoms with Crippen LogP contribution in [-0.4, -0.2) is 23.8 Å². The molecule has 22 heavy (non-hydrogen) atoms. The Bertz CT molecular complexity index is 440. The molecule has 0 aromatic heterocycles. The number of carbonyl (C=O) groups excluding carboxylic acids is 1. The van der Waals surface area contributed by atoms with E-state index in [1.807, 2.05) is 13.8 Å². The smallest absolute Gasteiger partial charge is 0.164 e. The topological polar surface area (TPSA) is 35.5 Å². The van der Waals surface area contributed by atoms with Crippen LogP contribution in [0.1, 0.15) is 60.8 Å². The summed E-state index contributed by atoms with van der Waals surface area (Å²) in [6, 6.07) is 0. The molecule has 0 aromatic rings. The molecular formula is C19H32O3. The van der Waals surface area contributed by atoms with Crippen LogP contribution in [0.5, 0.6) is 0 Å². The summed E-state index contributed by atoms with van der Waals surface area (Å²) in [7, 11) is 0. The van der Waals surface area contributed by atoms with Crippen LogP contribution in [0.4, 0.5) is 0 Å². The van der Waals surface area contributed by atoms with E-state index in [2.05, 4.69) is 34.3 Å². The average Bonchev–Trinajstić information content (AvgIpc) is 2.87. The fourth-order valence-electron chi connectivity index (χ4n) is 4.23. The van der Waals surface area contributed by atoms with Crippen molar-refractivity contribution >= 4 is 6.29 Å². The van der Waals surface area contributed by atoms with Crippen molar-refractivity contribution < 1.29 is 14.3 Å². The lowest BCUT2D eigenvalue weighted by Gasteiger charge is -2.38. The number of carbonyl (C=O) groups is 1. The van der Waals surface area contributed by atoms with E-state index < -0.39 is 11.4 Å². The molecule has 0 amide bonds. The van der Waals surface area contributed by atoms with E-state index in [1.165, 1.54) is 5.57 Å². The molecule has 0 bridgehead atoms. The van der Waals surface area contributed by atoms with Crippen molar-refractivity contribution in [2.75, 3.05) is 0 Å². The van der Waals surface area contributed by atoms with Gasteiger partial charge in [-0.1, -0.05) is 32.9 Å². The molecule has 2 fully saturated rings. The normalized spacial score (nSPS) is 41.0. The highest BCUT2D eigenvalue weighted by Gasteiger charge is 2.57. The third-order valence-electron chi connectivity index (χ3n) is 5.74. The molecule has 1 aliphatic heterocycles. The van der Waals surface area contributed by atoms with Crippen molar-refractivity contribution in [1.29, 1.82) is 0 Å². The number of hydrogen-bond acceptors (Lipinski definition) is 3. The molecule has 0 spiro atoms. The highest BCUT2D eigenvalue weighted by Crippen LogP contribution is 2.51. The van der Waals surface area contributed by atoms with Gasteiger partial charge in [0.05, 0.1) is 11.7 Å². The quantitative estimate of drug-likeness (QED) is 0.559. The summed E-state index contributed by atoms with van der Waals surface area (Å²) in [4.78, 5) is 11.6. The minimum Gasteiger partial charge on any atom is -0.344 e. The predicted octanol–water partition coefficient (Wildman–Crippen LogP) is 4.36. The van der Waals surface area contributed by atoms with Gasteiger partial charge in [-0.15, -0.1) is 0 Å². The fourth-order valence-corrected chi connectivity index (χ4v) is 4.23. The lowest BCUT2D eigenvalue weighted by Crippen LogP contribution is -2.47. The van der Waals surface area contributed by atoms with Gasteiger partial charge in [0.2, 0.25) is 0 Å². The lowest BCUT2D eigenvalue weighted by atomic mass is 9.75. The minimum absolute atomic E-state index is 0.0323. The zero-order valence-electron chi connectivity index (χ0n) is 15.0. The van der Waals surface area contributed by atoms with Gasteiger partial charge < -0.3 is 14.3 Å². The van der Waals surface area contributed by atoms with Gasteiger partial charge in [0, 0.05) is 11.8 Å². The zero-order chi connectivity index (χ0) is 16.7. The second-order valence-corrected chi connectivity index (χ2v) is 8.18. The molecule has 2 rings (SSSR count). The van der Waals surface area contributed by atoms with Gasteiger partial charge in [-0.25, -0.2) is 0 Å². The Balaban J connectivity index is 2.27. The van der Waals surface area contributed by atoms with Crippen LogP contribution in [0.25, 0.3) is 0 Å². The summed E-state index contributed by atoms with van der Waals surface area (Å²) >= 11 is 0. The number of hydrogen-bond donors (Lipinski definition) is 0. The van der Waals surface area contributed by atoms with Gasteiger partial charge in [0.25, 0.3) is 0 Å². The van der Waals surface area contributed by atoms with Gasteiger partial charge in [-0.05, 0) is 51.9 Å². The summed E-state index contributed by atoms with van der Waals surface area (Å²) < 4.78 is 12.6. The van der Waals surface area contributed by atoms with Crippen molar-refractivity contribution in [2.45, 2.75) is 78.3 Å². The second-order valence-electron chi connectivity index (χ2n) is 8.18. The maximum absolute atomic E-state index is 11.6. The standard InChI is InChI=1S/C19H32O3/c1-12(2)14(4)10-17-19(7,22-18(5,6)21-17)16-9-8-13(3)15(16)11-20/h11-13,15-17H,4,8-10H2,1-3,5-7H3/t13-,15+,16-,17-,19+/m0/s1. The van der Waals surface area contributed by atoms with Gasteiger partial charge in [-0.3, -0.25) is 0 Å². The molecule has 1 aliphatic carbocycles. The van der Waals surface area contributed by atoms with E-state index >= 15 is 0 Å². The third kappa shape index (κ3) is 3.16. The molecule has 0 radical (unpaired) electrons. The molecule has 0 unspecified atom stereocenters. The number of aldehydes is 1. The van der Waals surface area contributed by atoms with E-state index in [0.717, 1.165) is 25.5 Å². The van der Waals surface area contributed by atoms with Crippen LogP contribution in [-0.2, 0) is 14.3 Å². The summed E-state index contributed by atoms with van der Waals surface area (Å²) in [5.74, 6) is 0.557. The van der Waals surface area contributed by atoms with Crippen molar-refractivity contribution in [3.8, 4) is 0 Å². The Morgan fingerprint density at radius 3 is 2.50 bits per heavy atom. The van der Waals surface area contributed by atoms with E-state index in [1.54, 1.807) is 0 Å². The zero-order valence-corrected chi connectivity index (χ0v) is 15.0. The molecule has 1 heterocycles. The first-order valence-electron chi connectivity index (χ1n) is 8.61. The molecule has 3 nitrogen and oxygen atoms in total. The Morgan fingerprint density at radius 1 is 1.32 bits per heavy atom. The Labute approximate surface area is 135 Å². The molecule has 1 saturated heterocycles. The summed E-state index contributed by atoms with van der Waals surface area (Å²) in [5, 5.41) is 0. The SMILES string of the molecule is C=C(C[C@@H]1OC(C)(C)O[C@]1(C)[C@H]1CC[C@H](C)[C@H]1C=O)C(C)C. The molecule has 126 valence electrons. The lowest BCUT2D eigenvalue weighted by molar-refractivity contribution is -0.173. The first-order chi connectivity index (χ1) is 10.1. The van der Waals surface area contributed by atoms with Gasteiger partial charge >= 0.3 is 0 Å². The van der Waals surface area contributed by atoms with Gasteiger partial charge in [0.1, 0.15) is 6.29 Å². The van der Waals surface area contributed by atoms with Gasteiger partial charge in [0.15, 0.2) is 5.79 Å². The molecule has 3 heteroatoms. The maximum Gasteiger partial charge on any atom is 0.164 e. The van der Waals surface area contributed by atoms with Crippen molar-refractivity contribution in [3.63, 3.8) is 0 Å². The first-order valence-corrected chi connectivity index (χ1v) is 8.61. The Hall–Kier alpha value is -0.670. The maximum atomic E-state index is 11.6. The molecular weight excluding hydrogens is 276 g/mol. The van der Waals surface area contributed by atoms with Crippen LogP contribution in [0.2, 0.25) is 0 Å². The largest absolute Gasteiger partial charge is 0.344 e. The highest BCUT2D eigenvalue weighted by atomic mass is 16.8. The fraction of sp³-hybridized carbons (Fsp3) is 0.842. The minimum atomic E-state index is -0.601. The summed E-state index contributed by atoms with van der Waals surface area (Å²) in [6.07, 6.45) is 4.02.